The molecule has 1 spiro atoms. The van der Waals surface area contributed by atoms with E-state index in [1.807, 2.05) is 0 Å². The van der Waals surface area contributed by atoms with Gasteiger partial charge in [-0.1, -0.05) is 18.0 Å². The zero-order valence-electron chi connectivity index (χ0n) is 21.8. The molecule has 1 aromatic carbocycles. The number of carbonyl (C=O) groups excluding carboxylic acids is 2. The van der Waals surface area contributed by atoms with Crippen molar-refractivity contribution in [3.8, 4) is 5.75 Å². The van der Waals surface area contributed by atoms with Crippen molar-refractivity contribution >= 4 is 29.2 Å². The predicted octanol–water partition coefficient (Wildman–Crippen LogP) is 2.70. The zero-order valence-corrected chi connectivity index (χ0v) is 22.6. The van der Waals surface area contributed by atoms with Crippen molar-refractivity contribution in [1.82, 2.24) is 15.1 Å². The molecule has 0 aromatic heterocycles. The van der Waals surface area contributed by atoms with Gasteiger partial charge in [0.05, 0.1) is 41.1 Å². The molecule has 0 bridgehead atoms. The summed E-state index contributed by atoms with van der Waals surface area (Å²) in [6, 6.07) is 2.99. The summed E-state index contributed by atoms with van der Waals surface area (Å²) in [5.41, 5.74) is 6.80. The standard InChI is InChI=1S/C27H39ClN4O5/c1-35-22-15-20(29)19(28)14-17(22)26(34)30-21-8-11-31(16-23(21)36-2)10-5-3-4-6-24(33)37-25-18-7-12-32-13-9-27(18,25)32/h14-15,18,21,23,25H,3-13,16,29H2,1-2H3,(H,30,34)/t18?,21-,23+,25-,27?/m1/s1. The number of benzene rings is 1. The molecule has 2 unspecified atom stereocenters. The predicted molar refractivity (Wildman–Crippen MR) is 141 cm³/mol. The monoisotopic (exact) mass is 534 g/mol. The number of piperidine rings is 2. The Balaban J connectivity index is 1.00. The minimum absolute atomic E-state index is 0.0318. The molecule has 1 saturated carbocycles. The number of ether oxygens (including phenoxy) is 3. The van der Waals surface area contributed by atoms with Gasteiger partial charge < -0.3 is 30.2 Å². The van der Waals surface area contributed by atoms with Gasteiger partial charge >= 0.3 is 5.97 Å². The Morgan fingerprint density at radius 1 is 1.16 bits per heavy atom. The summed E-state index contributed by atoms with van der Waals surface area (Å²) >= 11 is 6.13. The van der Waals surface area contributed by atoms with E-state index in [0.29, 0.717) is 34.4 Å². The lowest BCUT2D eigenvalue weighted by Crippen LogP contribution is -2.54. The van der Waals surface area contributed by atoms with E-state index < -0.39 is 0 Å². The number of rotatable bonds is 11. The quantitative estimate of drug-likeness (QED) is 0.253. The van der Waals surface area contributed by atoms with Crippen LogP contribution in [0.15, 0.2) is 12.1 Å². The second kappa shape index (κ2) is 11.0. The Morgan fingerprint density at radius 3 is 2.70 bits per heavy atom. The first-order valence-corrected chi connectivity index (χ1v) is 13.9. The first kappa shape index (κ1) is 26.5. The normalized spacial score (nSPS) is 30.7. The molecule has 5 atom stereocenters. The van der Waals surface area contributed by atoms with Crippen molar-refractivity contribution in [3.63, 3.8) is 0 Å². The third-order valence-electron chi connectivity index (χ3n) is 8.91. The van der Waals surface area contributed by atoms with Crippen LogP contribution in [-0.2, 0) is 14.3 Å². The van der Waals surface area contributed by atoms with Crippen LogP contribution in [0, 0.1) is 5.92 Å². The summed E-state index contributed by atoms with van der Waals surface area (Å²) in [6.45, 7) is 4.90. The highest BCUT2D eigenvalue weighted by molar-refractivity contribution is 6.33. The number of methoxy groups -OCH3 is 2. The molecule has 0 radical (unpaired) electrons. The second-order valence-corrected chi connectivity index (χ2v) is 11.3. The molecule has 4 fully saturated rings. The summed E-state index contributed by atoms with van der Waals surface area (Å²) in [6.07, 6.45) is 6.58. The van der Waals surface area contributed by atoms with Crippen LogP contribution >= 0.6 is 11.6 Å². The van der Waals surface area contributed by atoms with Gasteiger partial charge in [0, 0.05) is 45.1 Å². The van der Waals surface area contributed by atoms with E-state index in [4.69, 9.17) is 31.5 Å². The number of nitrogens with zero attached hydrogens (tertiary/aromatic N) is 2. The molecule has 5 rings (SSSR count). The van der Waals surface area contributed by atoms with Crippen LogP contribution in [0.2, 0.25) is 5.02 Å². The zero-order chi connectivity index (χ0) is 26.2. The number of esters is 1. The van der Waals surface area contributed by atoms with E-state index >= 15 is 0 Å². The Labute approximate surface area is 223 Å². The minimum Gasteiger partial charge on any atom is -0.496 e. The number of likely N-dealkylation sites (tertiary alicyclic amines) is 1. The van der Waals surface area contributed by atoms with Crippen molar-refractivity contribution in [2.45, 2.75) is 68.7 Å². The van der Waals surface area contributed by atoms with E-state index in [9.17, 15) is 9.59 Å². The topological polar surface area (TPSA) is 106 Å². The third kappa shape index (κ3) is 5.15. The molecule has 3 aliphatic heterocycles. The van der Waals surface area contributed by atoms with Crippen molar-refractivity contribution in [2.24, 2.45) is 5.92 Å². The van der Waals surface area contributed by atoms with Crippen LogP contribution in [0.1, 0.15) is 55.3 Å². The molecule has 1 aliphatic carbocycles. The maximum absolute atomic E-state index is 13.0. The number of carbonyl (C=O) groups is 2. The molecule has 3 N–H and O–H groups in total. The number of unbranched alkanes of at least 4 members (excludes halogenated alkanes) is 2. The number of amides is 1. The summed E-state index contributed by atoms with van der Waals surface area (Å²) in [5, 5.41) is 3.40. The fraction of sp³-hybridized carbons (Fsp3) is 0.704. The van der Waals surface area contributed by atoms with Crippen LogP contribution in [0.5, 0.6) is 5.75 Å². The van der Waals surface area contributed by atoms with Gasteiger partial charge in [-0.25, -0.2) is 0 Å². The average molecular weight is 535 g/mol. The highest BCUT2D eigenvalue weighted by atomic mass is 35.5. The van der Waals surface area contributed by atoms with Gasteiger partial charge in [-0.05, 0) is 51.3 Å². The van der Waals surface area contributed by atoms with Crippen molar-refractivity contribution < 1.29 is 23.8 Å². The smallest absolute Gasteiger partial charge is 0.306 e. The Bertz CT molecular complexity index is 1020. The first-order valence-electron chi connectivity index (χ1n) is 13.5. The maximum atomic E-state index is 13.0. The second-order valence-electron chi connectivity index (χ2n) is 10.9. The molecule has 3 heterocycles. The SMILES string of the molecule is COc1cc(N)c(Cl)cc1C(=O)N[C@@H]1CCN(CCCCCC(=O)O[C@@H]2C3CCN4CCC324)C[C@@H]1OC. The van der Waals surface area contributed by atoms with Crippen molar-refractivity contribution in [1.29, 1.82) is 0 Å². The Kier molecular flexibility index (Phi) is 7.86. The molecule has 1 amide bonds. The molecule has 10 heteroatoms. The number of hydrogen-bond acceptors (Lipinski definition) is 8. The molecule has 3 saturated heterocycles. The maximum Gasteiger partial charge on any atom is 0.306 e. The van der Waals surface area contributed by atoms with Gasteiger partial charge in [0.1, 0.15) is 11.9 Å². The summed E-state index contributed by atoms with van der Waals surface area (Å²) in [7, 11) is 3.17. The lowest BCUT2D eigenvalue weighted by molar-refractivity contribution is -0.148. The van der Waals surface area contributed by atoms with Gasteiger partial charge in [0.25, 0.3) is 5.91 Å². The van der Waals surface area contributed by atoms with E-state index in [0.717, 1.165) is 45.3 Å². The van der Waals surface area contributed by atoms with Crippen molar-refractivity contribution in [3.05, 3.63) is 22.7 Å². The van der Waals surface area contributed by atoms with Gasteiger partial charge in [-0.15, -0.1) is 0 Å². The largest absolute Gasteiger partial charge is 0.496 e. The van der Waals surface area contributed by atoms with Crippen LogP contribution in [0.4, 0.5) is 5.69 Å². The first-order chi connectivity index (χ1) is 17.9. The van der Waals surface area contributed by atoms with Crippen LogP contribution in [-0.4, -0.2) is 92.4 Å². The fourth-order valence-electron chi connectivity index (χ4n) is 6.67. The van der Waals surface area contributed by atoms with Crippen molar-refractivity contribution in [2.75, 3.05) is 52.7 Å². The minimum atomic E-state index is -0.259. The molecule has 1 aromatic rings. The van der Waals surface area contributed by atoms with Crippen LogP contribution in [0.25, 0.3) is 0 Å². The lowest BCUT2D eigenvalue weighted by Gasteiger charge is -2.39. The molecular weight excluding hydrogens is 496 g/mol. The number of anilines is 1. The van der Waals surface area contributed by atoms with Crippen LogP contribution in [0.3, 0.4) is 0 Å². The van der Waals surface area contributed by atoms with E-state index in [-0.39, 0.29) is 35.7 Å². The summed E-state index contributed by atoms with van der Waals surface area (Å²) < 4.78 is 16.9. The Hall–Kier alpha value is -2.07. The highest BCUT2D eigenvalue weighted by Crippen LogP contribution is 2.64. The van der Waals surface area contributed by atoms with E-state index in [1.165, 1.54) is 39.1 Å². The Morgan fingerprint density at radius 2 is 2.00 bits per heavy atom. The summed E-state index contributed by atoms with van der Waals surface area (Å²) in [4.78, 5) is 30.2. The van der Waals surface area contributed by atoms with Gasteiger partial charge in [-0.2, -0.15) is 0 Å². The molecular formula is C27H39ClN4O5. The fourth-order valence-corrected chi connectivity index (χ4v) is 6.83. The molecule has 4 aliphatic rings. The van der Waals surface area contributed by atoms with Crippen LogP contribution < -0.4 is 15.8 Å². The van der Waals surface area contributed by atoms with E-state index in [2.05, 4.69) is 15.1 Å². The number of nitrogen functional groups attached to an aromatic ring is 1. The molecule has 9 nitrogen and oxygen atoms in total. The van der Waals surface area contributed by atoms with Gasteiger partial charge in [0.15, 0.2) is 0 Å². The number of nitrogens with two attached hydrogens (primary N) is 1. The van der Waals surface area contributed by atoms with E-state index in [1.54, 1.807) is 13.2 Å². The highest BCUT2D eigenvalue weighted by Gasteiger charge is 2.76. The molecule has 37 heavy (non-hydrogen) atoms. The third-order valence-corrected chi connectivity index (χ3v) is 9.24. The number of hydrogen-bond donors (Lipinski definition) is 2. The molecule has 204 valence electrons. The number of halogens is 1. The average Bonchev–Trinajstić information content (AvgIpc) is 3.44. The lowest BCUT2D eigenvalue weighted by atomic mass is 10.00. The van der Waals surface area contributed by atoms with Gasteiger partial charge in [0.2, 0.25) is 0 Å². The number of nitrogens with one attached hydrogen (secondary N) is 1. The van der Waals surface area contributed by atoms with Gasteiger partial charge in [-0.3, -0.25) is 14.5 Å². The summed E-state index contributed by atoms with van der Waals surface area (Å²) in [5.74, 6) is 0.693.